The fraction of sp³-hybridized carbons (Fsp3) is 0.682. The van der Waals surface area contributed by atoms with Crippen LogP contribution in [0.1, 0.15) is 38.7 Å². The largest absolute Gasteiger partial charge is 0.454 e. The molecule has 1 atom stereocenters. The topological polar surface area (TPSA) is 60.5 Å². The van der Waals surface area contributed by atoms with Gasteiger partial charge in [0.15, 0.2) is 11.5 Å². The number of piperidine rings is 1. The van der Waals surface area contributed by atoms with E-state index in [0.29, 0.717) is 13.2 Å². The molecule has 2 saturated heterocycles. The zero-order chi connectivity index (χ0) is 20.3. The van der Waals surface area contributed by atoms with Crippen molar-refractivity contribution in [1.29, 1.82) is 0 Å². The number of carbonyl (C=O) groups is 1. The molecule has 7 nitrogen and oxygen atoms in total. The van der Waals surface area contributed by atoms with Crippen molar-refractivity contribution in [3.63, 3.8) is 0 Å². The quantitative estimate of drug-likeness (QED) is 0.696. The molecule has 0 saturated carbocycles. The molecule has 3 aliphatic rings. The van der Waals surface area contributed by atoms with Crippen molar-refractivity contribution in [2.24, 2.45) is 0 Å². The third-order valence-corrected chi connectivity index (χ3v) is 6.39. The summed E-state index contributed by atoms with van der Waals surface area (Å²) in [6.45, 7) is 8.83. The lowest BCUT2D eigenvalue weighted by Gasteiger charge is -2.52. The summed E-state index contributed by atoms with van der Waals surface area (Å²) in [5, 5.41) is 0. The van der Waals surface area contributed by atoms with Gasteiger partial charge in [-0.15, -0.1) is 0 Å². The van der Waals surface area contributed by atoms with Crippen LogP contribution in [0.3, 0.4) is 0 Å². The number of hydrogen-bond acceptors (Lipinski definition) is 6. The van der Waals surface area contributed by atoms with Crippen LogP contribution in [0.5, 0.6) is 11.5 Å². The molecule has 1 aromatic rings. The van der Waals surface area contributed by atoms with E-state index in [1.807, 2.05) is 25.1 Å². The molecule has 7 heteroatoms. The Labute approximate surface area is 172 Å². The Hall–Kier alpha value is -1.99. The number of ether oxygens (including phenoxy) is 4. The van der Waals surface area contributed by atoms with Crippen molar-refractivity contribution in [2.45, 2.75) is 51.1 Å². The number of nitrogens with zero attached hydrogens (tertiary/aromatic N) is 2. The zero-order valence-electron chi connectivity index (χ0n) is 17.5. The second kappa shape index (κ2) is 8.79. The Bertz CT molecular complexity index is 721. The van der Waals surface area contributed by atoms with Crippen LogP contribution < -0.4 is 9.47 Å². The highest BCUT2D eigenvalue weighted by molar-refractivity contribution is 5.68. The van der Waals surface area contributed by atoms with Crippen molar-refractivity contribution in [3.8, 4) is 11.5 Å². The van der Waals surface area contributed by atoms with Crippen LogP contribution in [0.2, 0.25) is 0 Å². The highest BCUT2D eigenvalue weighted by Crippen LogP contribution is 2.34. The second-order valence-corrected chi connectivity index (χ2v) is 8.30. The summed E-state index contributed by atoms with van der Waals surface area (Å²) in [6, 6.07) is 5.99. The Morgan fingerprint density at radius 3 is 2.86 bits per heavy atom. The Kier molecular flexibility index (Phi) is 6.15. The highest BCUT2D eigenvalue weighted by Gasteiger charge is 2.45. The summed E-state index contributed by atoms with van der Waals surface area (Å²) in [4.78, 5) is 16.9. The van der Waals surface area contributed by atoms with E-state index in [-0.39, 0.29) is 24.5 Å². The molecule has 2 fully saturated rings. The third-order valence-electron chi connectivity index (χ3n) is 6.39. The van der Waals surface area contributed by atoms with Crippen molar-refractivity contribution >= 4 is 6.09 Å². The fourth-order valence-corrected chi connectivity index (χ4v) is 4.63. The summed E-state index contributed by atoms with van der Waals surface area (Å²) in [5.41, 5.74) is 1.31. The van der Waals surface area contributed by atoms with Crippen LogP contribution in [-0.4, -0.2) is 73.7 Å². The van der Waals surface area contributed by atoms with Gasteiger partial charge in [0.25, 0.3) is 0 Å². The van der Waals surface area contributed by atoms with Gasteiger partial charge in [0, 0.05) is 19.1 Å². The number of rotatable bonds is 7. The molecule has 160 valence electrons. The standard InChI is InChI=1S/C22H32N2O5/c1-3-24(17(2)12-18-6-7-19-20(13-18)29-16-28-19)21(25)27-11-10-23-9-5-4-8-22(23)14-26-15-22/h6-7,13,17H,3-5,8-12,14-16H2,1-2H3/t17-/m1/s1. The van der Waals surface area contributed by atoms with Gasteiger partial charge in [0.2, 0.25) is 6.79 Å². The number of carbonyl (C=O) groups excluding carboxylic acids is 1. The summed E-state index contributed by atoms with van der Waals surface area (Å²) < 4.78 is 21.9. The van der Waals surface area contributed by atoms with E-state index in [2.05, 4.69) is 11.8 Å². The van der Waals surface area contributed by atoms with Gasteiger partial charge in [-0.2, -0.15) is 0 Å². The van der Waals surface area contributed by atoms with E-state index in [4.69, 9.17) is 18.9 Å². The van der Waals surface area contributed by atoms with Crippen LogP contribution >= 0.6 is 0 Å². The number of amides is 1. The van der Waals surface area contributed by atoms with E-state index in [1.54, 1.807) is 4.90 Å². The first-order valence-electron chi connectivity index (χ1n) is 10.8. The van der Waals surface area contributed by atoms with Gasteiger partial charge in [-0.25, -0.2) is 4.79 Å². The van der Waals surface area contributed by atoms with Crippen LogP contribution in [-0.2, 0) is 15.9 Å². The van der Waals surface area contributed by atoms with E-state index in [9.17, 15) is 4.79 Å². The van der Waals surface area contributed by atoms with Gasteiger partial charge in [-0.1, -0.05) is 12.5 Å². The highest BCUT2D eigenvalue weighted by atomic mass is 16.7. The van der Waals surface area contributed by atoms with Gasteiger partial charge < -0.3 is 23.8 Å². The van der Waals surface area contributed by atoms with Crippen LogP contribution in [0.15, 0.2) is 18.2 Å². The SMILES string of the molecule is CCN(C(=O)OCCN1CCCCC12COC2)[C@H](C)Cc1ccc2c(c1)OCO2. The lowest BCUT2D eigenvalue weighted by molar-refractivity contribution is -0.158. The second-order valence-electron chi connectivity index (χ2n) is 8.30. The maximum absolute atomic E-state index is 12.7. The zero-order valence-corrected chi connectivity index (χ0v) is 17.5. The molecule has 1 aromatic carbocycles. The van der Waals surface area contributed by atoms with E-state index in [0.717, 1.165) is 49.8 Å². The minimum absolute atomic E-state index is 0.0363. The molecule has 0 bridgehead atoms. The Morgan fingerprint density at radius 2 is 2.10 bits per heavy atom. The first-order valence-corrected chi connectivity index (χ1v) is 10.8. The molecule has 0 N–H and O–H groups in total. The molecule has 1 amide bonds. The average Bonchev–Trinajstić information content (AvgIpc) is 3.15. The first-order chi connectivity index (χ1) is 14.1. The molecular formula is C22H32N2O5. The summed E-state index contributed by atoms with van der Waals surface area (Å²) in [5.74, 6) is 1.55. The van der Waals surface area contributed by atoms with Crippen LogP contribution in [0.25, 0.3) is 0 Å². The van der Waals surface area contributed by atoms with Gasteiger partial charge in [0.05, 0.1) is 18.8 Å². The van der Waals surface area contributed by atoms with E-state index in [1.165, 1.54) is 19.3 Å². The monoisotopic (exact) mass is 404 g/mol. The summed E-state index contributed by atoms with van der Waals surface area (Å²) >= 11 is 0. The minimum Gasteiger partial charge on any atom is -0.454 e. The van der Waals surface area contributed by atoms with Crippen molar-refractivity contribution in [2.75, 3.05) is 46.2 Å². The number of hydrogen-bond donors (Lipinski definition) is 0. The summed E-state index contributed by atoms with van der Waals surface area (Å²) in [6.07, 6.45) is 4.17. The molecule has 0 unspecified atom stereocenters. The first kappa shape index (κ1) is 20.3. The van der Waals surface area contributed by atoms with E-state index >= 15 is 0 Å². The summed E-state index contributed by atoms with van der Waals surface area (Å²) in [7, 11) is 0. The maximum atomic E-state index is 12.7. The fourth-order valence-electron chi connectivity index (χ4n) is 4.63. The van der Waals surface area contributed by atoms with Gasteiger partial charge in [-0.3, -0.25) is 4.90 Å². The molecule has 0 aromatic heterocycles. The lowest BCUT2D eigenvalue weighted by Crippen LogP contribution is -2.64. The Morgan fingerprint density at radius 1 is 1.28 bits per heavy atom. The predicted molar refractivity (Wildman–Crippen MR) is 108 cm³/mol. The van der Waals surface area contributed by atoms with Gasteiger partial charge in [0.1, 0.15) is 6.61 Å². The van der Waals surface area contributed by atoms with Crippen molar-refractivity contribution in [1.82, 2.24) is 9.80 Å². The Balaban J connectivity index is 1.27. The number of benzene rings is 1. The smallest absolute Gasteiger partial charge is 0.410 e. The molecular weight excluding hydrogens is 372 g/mol. The molecule has 4 rings (SSSR count). The lowest BCUT2D eigenvalue weighted by atomic mass is 9.85. The average molecular weight is 405 g/mol. The van der Waals surface area contributed by atoms with Gasteiger partial charge in [-0.05, 0) is 57.4 Å². The third kappa shape index (κ3) is 4.31. The number of likely N-dealkylation sites (N-methyl/N-ethyl adjacent to an activating group) is 1. The normalized spacial score (nSPS) is 20.9. The van der Waals surface area contributed by atoms with Crippen molar-refractivity contribution in [3.05, 3.63) is 23.8 Å². The molecule has 0 aliphatic carbocycles. The number of likely N-dealkylation sites (tertiary alicyclic amines) is 1. The predicted octanol–water partition coefficient (Wildman–Crippen LogP) is 3.06. The van der Waals surface area contributed by atoms with E-state index < -0.39 is 0 Å². The molecule has 29 heavy (non-hydrogen) atoms. The molecule has 0 radical (unpaired) electrons. The van der Waals surface area contributed by atoms with Gasteiger partial charge >= 0.3 is 6.09 Å². The maximum Gasteiger partial charge on any atom is 0.410 e. The number of fused-ring (bicyclic) bond motifs is 1. The molecule has 3 heterocycles. The van der Waals surface area contributed by atoms with Crippen molar-refractivity contribution < 1.29 is 23.7 Å². The minimum atomic E-state index is -0.239. The van der Waals surface area contributed by atoms with Crippen LogP contribution in [0.4, 0.5) is 4.79 Å². The molecule has 1 spiro atoms. The van der Waals surface area contributed by atoms with Crippen LogP contribution in [0, 0.1) is 0 Å². The molecule has 3 aliphatic heterocycles.